The van der Waals surface area contributed by atoms with Gasteiger partial charge in [-0.25, -0.2) is 0 Å². The summed E-state index contributed by atoms with van der Waals surface area (Å²) in [7, 11) is 1.96. The van der Waals surface area contributed by atoms with Crippen molar-refractivity contribution in [1.29, 1.82) is 0 Å². The van der Waals surface area contributed by atoms with Crippen LogP contribution in [0.15, 0.2) is 0 Å². The van der Waals surface area contributed by atoms with E-state index in [0.717, 1.165) is 23.0 Å². The quantitative estimate of drug-likeness (QED) is 0.882. The van der Waals surface area contributed by atoms with Gasteiger partial charge in [-0.2, -0.15) is 5.10 Å². The third kappa shape index (κ3) is 2.58. The monoisotopic (exact) mass is 241 g/mol. The molecule has 1 aromatic rings. The highest BCUT2D eigenvalue weighted by molar-refractivity contribution is 6.31. The molecule has 1 aliphatic rings. The van der Waals surface area contributed by atoms with Gasteiger partial charge in [0.05, 0.1) is 16.4 Å². The first kappa shape index (κ1) is 11.9. The summed E-state index contributed by atoms with van der Waals surface area (Å²) in [5.41, 5.74) is 2.02. The van der Waals surface area contributed by atoms with E-state index in [0.29, 0.717) is 6.04 Å². The van der Waals surface area contributed by atoms with E-state index in [2.05, 4.69) is 10.4 Å². The minimum absolute atomic E-state index is 0.667. The molecule has 1 heterocycles. The van der Waals surface area contributed by atoms with E-state index in [4.69, 9.17) is 11.6 Å². The Morgan fingerprint density at radius 3 is 2.62 bits per heavy atom. The lowest BCUT2D eigenvalue weighted by Crippen LogP contribution is -2.31. The Morgan fingerprint density at radius 2 is 2.06 bits per heavy atom. The van der Waals surface area contributed by atoms with Gasteiger partial charge in [-0.1, -0.05) is 30.9 Å². The van der Waals surface area contributed by atoms with E-state index < -0.39 is 0 Å². The van der Waals surface area contributed by atoms with E-state index in [9.17, 15) is 0 Å². The van der Waals surface area contributed by atoms with Gasteiger partial charge >= 0.3 is 0 Å². The fourth-order valence-corrected chi connectivity index (χ4v) is 2.65. The molecule has 16 heavy (non-hydrogen) atoms. The first-order valence-electron chi connectivity index (χ1n) is 6.10. The maximum atomic E-state index is 6.21. The van der Waals surface area contributed by atoms with Crippen molar-refractivity contribution in [3.63, 3.8) is 0 Å². The van der Waals surface area contributed by atoms with Crippen LogP contribution in [0.4, 0.5) is 0 Å². The molecule has 0 aromatic carbocycles. The molecule has 0 radical (unpaired) electrons. The van der Waals surface area contributed by atoms with Gasteiger partial charge in [0.25, 0.3) is 0 Å². The molecule has 0 aliphatic heterocycles. The lowest BCUT2D eigenvalue weighted by molar-refractivity contribution is 0.368. The van der Waals surface area contributed by atoms with Gasteiger partial charge in [0, 0.05) is 19.6 Å². The molecule has 90 valence electrons. The normalized spacial score (nSPS) is 17.9. The third-order valence-electron chi connectivity index (χ3n) is 3.42. The van der Waals surface area contributed by atoms with Gasteiger partial charge in [0.2, 0.25) is 0 Å². The van der Waals surface area contributed by atoms with Crippen molar-refractivity contribution >= 4 is 11.6 Å². The highest BCUT2D eigenvalue weighted by Crippen LogP contribution is 2.21. The van der Waals surface area contributed by atoms with Crippen LogP contribution in [-0.2, 0) is 13.6 Å². The van der Waals surface area contributed by atoms with E-state index in [1.807, 2.05) is 18.7 Å². The summed E-state index contributed by atoms with van der Waals surface area (Å²) in [6, 6.07) is 0.667. The number of aryl methyl sites for hydroxylation is 2. The predicted octanol–water partition coefficient (Wildman–Crippen LogP) is 2.80. The van der Waals surface area contributed by atoms with Crippen LogP contribution in [0, 0.1) is 6.92 Å². The number of aromatic nitrogens is 2. The molecular weight excluding hydrogens is 222 g/mol. The summed E-state index contributed by atoms with van der Waals surface area (Å²) in [5.74, 6) is 0. The van der Waals surface area contributed by atoms with E-state index in [1.165, 1.54) is 32.1 Å². The molecule has 1 saturated carbocycles. The number of hydrogen-bond donors (Lipinski definition) is 1. The molecule has 0 unspecified atom stereocenters. The zero-order valence-corrected chi connectivity index (χ0v) is 10.8. The Kier molecular flexibility index (Phi) is 3.87. The summed E-state index contributed by atoms with van der Waals surface area (Å²) in [5, 5.41) is 8.72. The van der Waals surface area contributed by atoms with Crippen LogP contribution in [0.5, 0.6) is 0 Å². The highest BCUT2D eigenvalue weighted by atomic mass is 35.5. The van der Waals surface area contributed by atoms with Gasteiger partial charge in [0.1, 0.15) is 0 Å². The molecule has 1 aromatic heterocycles. The minimum atomic E-state index is 0.667. The average molecular weight is 242 g/mol. The van der Waals surface area contributed by atoms with Crippen LogP contribution in [0.1, 0.15) is 43.5 Å². The summed E-state index contributed by atoms with van der Waals surface area (Å²) in [6.07, 6.45) is 6.71. The van der Waals surface area contributed by atoms with Crippen molar-refractivity contribution in [2.24, 2.45) is 7.05 Å². The topological polar surface area (TPSA) is 29.9 Å². The van der Waals surface area contributed by atoms with Crippen LogP contribution in [0.25, 0.3) is 0 Å². The fraction of sp³-hybridized carbons (Fsp3) is 0.750. The van der Waals surface area contributed by atoms with Crippen molar-refractivity contribution in [2.75, 3.05) is 0 Å². The Hall–Kier alpha value is -0.540. The van der Waals surface area contributed by atoms with Crippen molar-refractivity contribution < 1.29 is 0 Å². The molecule has 2 rings (SSSR count). The Balaban J connectivity index is 1.93. The largest absolute Gasteiger partial charge is 0.308 e. The summed E-state index contributed by atoms with van der Waals surface area (Å²) < 4.78 is 1.88. The second kappa shape index (κ2) is 5.19. The molecule has 0 bridgehead atoms. The number of nitrogens with zero attached hydrogens (tertiary/aromatic N) is 2. The number of nitrogens with one attached hydrogen (secondary N) is 1. The van der Waals surface area contributed by atoms with Crippen molar-refractivity contribution in [2.45, 2.75) is 51.6 Å². The van der Waals surface area contributed by atoms with Crippen LogP contribution in [0.2, 0.25) is 5.02 Å². The third-order valence-corrected chi connectivity index (χ3v) is 3.92. The summed E-state index contributed by atoms with van der Waals surface area (Å²) in [6.45, 7) is 2.79. The molecule has 1 N–H and O–H groups in total. The molecule has 0 saturated heterocycles. The predicted molar refractivity (Wildman–Crippen MR) is 66.7 cm³/mol. The van der Waals surface area contributed by atoms with Crippen LogP contribution in [-0.4, -0.2) is 15.8 Å². The highest BCUT2D eigenvalue weighted by Gasteiger charge is 2.15. The maximum Gasteiger partial charge on any atom is 0.0860 e. The second-order valence-electron chi connectivity index (χ2n) is 4.69. The first-order chi connectivity index (χ1) is 7.68. The molecule has 1 fully saturated rings. The molecule has 3 nitrogen and oxygen atoms in total. The number of rotatable bonds is 3. The van der Waals surface area contributed by atoms with Crippen molar-refractivity contribution in [1.82, 2.24) is 15.1 Å². The number of hydrogen-bond acceptors (Lipinski definition) is 2. The van der Waals surface area contributed by atoms with E-state index in [-0.39, 0.29) is 0 Å². The summed E-state index contributed by atoms with van der Waals surface area (Å²) in [4.78, 5) is 0. The molecule has 0 atom stereocenters. The lowest BCUT2D eigenvalue weighted by atomic mass is 9.95. The SMILES string of the molecule is Cc1nn(C)c(CNC2CCCCC2)c1Cl. The van der Waals surface area contributed by atoms with Crippen LogP contribution < -0.4 is 5.32 Å². The zero-order valence-electron chi connectivity index (χ0n) is 10.1. The fourth-order valence-electron chi connectivity index (χ4n) is 2.42. The standard InChI is InChI=1S/C12H20ClN3/c1-9-12(13)11(16(2)15-9)8-14-10-6-4-3-5-7-10/h10,14H,3-8H2,1-2H3. The smallest absolute Gasteiger partial charge is 0.0860 e. The molecular formula is C12H20ClN3. The Bertz CT molecular complexity index is 353. The van der Waals surface area contributed by atoms with Crippen LogP contribution in [0.3, 0.4) is 0 Å². The minimum Gasteiger partial charge on any atom is -0.308 e. The molecule has 0 spiro atoms. The molecule has 0 amide bonds. The lowest BCUT2D eigenvalue weighted by Gasteiger charge is -2.22. The van der Waals surface area contributed by atoms with Crippen molar-refractivity contribution in [3.05, 3.63) is 16.4 Å². The second-order valence-corrected chi connectivity index (χ2v) is 5.06. The summed E-state index contributed by atoms with van der Waals surface area (Å²) >= 11 is 6.21. The Morgan fingerprint density at radius 1 is 1.38 bits per heavy atom. The van der Waals surface area contributed by atoms with E-state index >= 15 is 0 Å². The molecule has 1 aliphatic carbocycles. The number of halogens is 1. The van der Waals surface area contributed by atoms with Gasteiger partial charge < -0.3 is 5.32 Å². The van der Waals surface area contributed by atoms with Crippen molar-refractivity contribution in [3.8, 4) is 0 Å². The Labute approximate surface area is 102 Å². The van der Waals surface area contributed by atoms with E-state index in [1.54, 1.807) is 0 Å². The van der Waals surface area contributed by atoms with Crippen LogP contribution >= 0.6 is 11.6 Å². The van der Waals surface area contributed by atoms with Gasteiger partial charge in [-0.05, 0) is 19.8 Å². The average Bonchev–Trinajstić information content (AvgIpc) is 2.53. The van der Waals surface area contributed by atoms with Gasteiger partial charge in [-0.15, -0.1) is 0 Å². The molecule has 4 heteroatoms. The maximum absolute atomic E-state index is 6.21. The first-order valence-corrected chi connectivity index (χ1v) is 6.47. The van der Waals surface area contributed by atoms with Gasteiger partial charge in [-0.3, -0.25) is 4.68 Å². The zero-order chi connectivity index (χ0) is 11.5. The van der Waals surface area contributed by atoms with Gasteiger partial charge in [0.15, 0.2) is 0 Å².